The third-order valence-electron chi connectivity index (χ3n) is 2.46. The number of carbonyl (C=O) groups excluding carboxylic acids is 1. The van der Waals surface area contributed by atoms with Crippen LogP contribution in [0.3, 0.4) is 0 Å². The van der Waals surface area contributed by atoms with Gasteiger partial charge in [0, 0.05) is 30.0 Å². The molecule has 0 fully saturated rings. The molecular weight excluding hydrogens is 214 g/mol. The second-order valence-corrected chi connectivity index (χ2v) is 3.78. The normalized spacial score (nSPS) is 12.1. The van der Waals surface area contributed by atoms with Gasteiger partial charge in [-0.25, -0.2) is 4.79 Å². The Morgan fingerprint density at radius 2 is 2.41 bits per heavy atom. The number of unbranched alkanes of at least 4 members (excludes halogenated alkanes) is 1. The lowest BCUT2D eigenvalue weighted by molar-refractivity contribution is -0.128. The molecule has 1 heterocycles. The lowest BCUT2D eigenvalue weighted by atomic mass is 10.1. The number of fused-ring (bicyclic) bond motifs is 1. The van der Waals surface area contributed by atoms with E-state index in [1.165, 1.54) is 0 Å². The van der Waals surface area contributed by atoms with Gasteiger partial charge in [-0.3, -0.25) is 0 Å². The standard InChI is InChI=1S/C14H14NO2/c1-2-3-4-8-14(16)17-13-7-5-6-12-11(13)9-10-15-12/h5-7,10,15H,2-3,9H2,1H3. The van der Waals surface area contributed by atoms with Gasteiger partial charge >= 0.3 is 5.97 Å². The molecule has 3 heteroatoms. The number of anilines is 1. The Balaban J connectivity index is 2.07. The Morgan fingerprint density at radius 3 is 3.24 bits per heavy atom. The fraction of sp³-hybridized carbons (Fsp3) is 0.286. The summed E-state index contributed by atoms with van der Waals surface area (Å²) in [5.74, 6) is 5.37. The van der Waals surface area contributed by atoms with Crippen molar-refractivity contribution in [1.82, 2.24) is 0 Å². The summed E-state index contributed by atoms with van der Waals surface area (Å²) in [5.41, 5.74) is 2.01. The monoisotopic (exact) mass is 228 g/mol. The van der Waals surface area contributed by atoms with E-state index < -0.39 is 5.97 Å². The molecule has 1 aromatic carbocycles. The molecule has 0 aliphatic carbocycles. The lowest BCUT2D eigenvalue weighted by Gasteiger charge is -2.05. The summed E-state index contributed by atoms with van der Waals surface area (Å²) in [7, 11) is 0. The minimum atomic E-state index is -0.487. The van der Waals surface area contributed by atoms with Crippen LogP contribution >= 0.6 is 0 Å². The number of carbonyl (C=O) groups is 1. The van der Waals surface area contributed by atoms with Crippen molar-refractivity contribution >= 4 is 11.7 Å². The summed E-state index contributed by atoms with van der Waals surface area (Å²) in [5, 5.41) is 3.11. The number of esters is 1. The fourth-order valence-electron chi connectivity index (χ4n) is 1.66. The molecule has 1 aliphatic heterocycles. The highest BCUT2D eigenvalue weighted by atomic mass is 16.5. The highest BCUT2D eigenvalue weighted by Gasteiger charge is 2.16. The van der Waals surface area contributed by atoms with Gasteiger partial charge in [-0.1, -0.05) is 18.9 Å². The molecule has 0 unspecified atom stereocenters. The summed E-state index contributed by atoms with van der Waals surface area (Å²) in [6, 6.07) is 5.60. The smallest absolute Gasteiger partial charge is 0.389 e. The highest BCUT2D eigenvalue weighted by Crippen LogP contribution is 2.32. The number of ether oxygens (including phenoxy) is 1. The molecule has 0 atom stereocenters. The minimum absolute atomic E-state index is 0.487. The molecule has 1 N–H and O–H groups in total. The van der Waals surface area contributed by atoms with E-state index in [1.807, 2.05) is 25.6 Å². The number of nitrogens with one attached hydrogen (secondary N) is 1. The first-order valence-corrected chi connectivity index (χ1v) is 5.72. The van der Waals surface area contributed by atoms with Crippen LogP contribution in [-0.4, -0.2) is 5.97 Å². The zero-order valence-corrected chi connectivity index (χ0v) is 9.75. The van der Waals surface area contributed by atoms with Crippen molar-refractivity contribution in [2.45, 2.75) is 26.2 Å². The van der Waals surface area contributed by atoms with Gasteiger partial charge in [0.2, 0.25) is 0 Å². The van der Waals surface area contributed by atoms with Gasteiger partial charge in [0.05, 0.1) is 6.54 Å². The summed E-state index contributed by atoms with van der Waals surface area (Å²) >= 11 is 0. The number of benzene rings is 1. The van der Waals surface area contributed by atoms with Crippen LogP contribution in [0, 0.1) is 18.4 Å². The quantitative estimate of drug-likeness (QED) is 0.366. The van der Waals surface area contributed by atoms with E-state index in [4.69, 9.17) is 4.74 Å². The van der Waals surface area contributed by atoms with E-state index >= 15 is 0 Å². The summed E-state index contributed by atoms with van der Waals surface area (Å²) in [4.78, 5) is 11.5. The third-order valence-corrected chi connectivity index (χ3v) is 2.46. The van der Waals surface area contributed by atoms with Crippen LogP contribution in [0.5, 0.6) is 5.75 Å². The molecule has 87 valence electrons. The van der Waals surface area contributed by atoms with Crippen LogP contribution in [0.4, 0.5) is 5.69 Å². The van der Waals surface area contributed by atoms with Crippen LogP contribution < -0.4 is 10.1 Å². The van der Waals surface area contributed by atoms with Crippen LogP contribution in [0.25, 0.3) is 0 Å². The first-order valence-electron chi connectivity index (χ1n) is 5.72. The van der Waals surface area contributed by atoms with Gasteiger partial charge < -0.3 is 10.1 Å². The van der Waals surface area contributed by atoms with Gasteiger partial charge in [0.25, 0.3) is 0 Å². The Labute approximate surface area is 101 Å². The summed E-state index contributed by atoms with van der Waals surface area (Å²) < 4.78 is 5.23. The first-order chi connectivity index (χ1) is 8.31. The van der Waals surface area contributed by atoms with Crippen molar-refractivity contribution in [3.8, 4) is 17.6 Å². The molecule has 17 heavy (non-hydrogen) atoms. The number of hydrogen-bond acceptors (Lipinski definition) is 3. The van der Waals surface area contributed by atoms with Crippen molar-refractivity contribution < 1.29 is 9.53 Å². The predicted molar refractivity (Wildman–Crippen MR) is 66.4 cm³/mol. The molecule has 0 aromatic heterocycles. The van der Waals surface area contributed by atoms with E-state index in [9.17, 15) is 4.79 Å². The first kappa shape index (κ1) is 11.5. The number of rotatable bonds is 2. The van der Waals surface area contributed by atoms with Crippen molar-refractivity contribution in [2.75, 3.05) is 5.32 Å². The molecule has 0 saturated heterocycles. The van der Waals surface area contributed by atoms with E-state index in [1.54, 1.807) is 6.07 Å². The summed E-state index contributed by atoms with van der Waals surface area (Å²) in [6.07, 6.45) is 2.43. The maximum Gasteiger partial charge on any atom is 0.389 e. The second-order valence-electron chi connectivity index (χ2n) is 3.78. The van der Waals surface area contributed by atoms with Crippen LogP contribution in [0.1, 0.15) is 25.3 Å². The number of hydrogen-bond donors (Lipinski definition) is 1. The fourth-order valence-corrected chi connectivity index (χ4v) is 1.66. The zero-order chi connectivity index (χ0) is 12.1. The van der Waals surface area contributed by atoms with Gasteiger partial charge in [0.1, 0.15) is 5.75 Å². The topological polar surface area (TPSA) is 38.3 Å². The third kappa shape index (κ3) is 2.79. The molecule has 0 spiro atoms. The minimum Gasteiger partial charge on any atom is -0.417 e. The van der Waals surface area contributed by atoms with Crippen LogP contribution in [0.2, 0.25) is 0 Å². The molecule has 1 radical (unpaired) electrons. The molecule has 3 nitrogen and oxygen atoms in total. The van der Waals surface area contributed by atoms with Gasteiger partial charge in [-0.2, -0.15) is 0 Å². The molecule has 1 aromatic rings. The van der Waals surface area contributed by atoms with Crippen molar-refractivity contribution in [2.24, 2.45) is 0 Å². The largest absolute Gasteiger partial charge is 0.417 e. The Hall–Kier alpha value is -1.95. The molecule has 2 rings (SSSR count). The lowest BCUT2D eigenvalue weighted by Crippen LogP contribution is -2.05. The predicted octanol–water partition coefficient (Wildman–Crippen LogP) is 2.53. The van der Waals surface area contributed by atoms with Gasteiger partial charge in [0.15, 0.2) is 0 Å². The SMILES string of the molecule is CCCC#CC(=O)Oc1cccc2c1C[CH]N2. The van der Waals surface area contributed by atoms with E-state index in [0.29, 0.717) is 5.75 Å². The van der Waals surface area contributed by atoms with E-state index in [0.717, 1.165) is 30.5 Å². The maximum absolute atomic E-state index is 11.5. The Kier molecular flexibility index (Phi) is 3.66. The second kappa shape index (κ2) is 5.40. The van der Waals surface area contributed by atoms with Crippen LogP contribution in [0.15, 0.2) is 18.2 Å². The average Bonchev–Trinajstić information content (AvgIpc) is 2.78. The molecular formula is C14H14NO2. The van der Waals surface area contributed by atoms with E-state index in [2.05, 4.69) is 17.2 Å². The Morgan fingerprint density at radius 1 is 1.53 bits per heavy atom. The highest BCUT2D eigenvalue weighted by molar-refractivity contribution is 5.90. The molecule has 1 aliphatic rings. The van der Waals surface area contributed by atoms with E-state index in [-0.39, 0.29) is 0 Å². The average molecular weight is 228 g/mol. The maximum atomic E-state index is 11.5. The zero-order valence-electron chi connectivity index (χ0n) is 9.75. The van der Waals surface area contributed by atoms with Crippen LogP contribution in [-0.2, 0) is 11.2 Å². The molecule has 0 bridgehead atoms. The van der Waals surface area contributed by atoms with Crippen molar-refractivity contribution in [3.63, 3.8) is 0 Å². The van der Waals surface area contributed by atoms with Gasteiger partial charge in [-0.15, -0.1) is 0 Å². The van der Waals surface area contributed by atoms with Gasteiger partial charge in [-0.05, 0) is 18.6 Å². The molecule has 0 amide bonds. The van der Waals surface area contributed by atoms with Crippen molar-refractivity contribution in [1.29, 1.82) is 0 Å². The van der Waals surface area contributed by atoms with Crippen molar-refractivity contribution in [3.05, 3.63) is 30.3 Å². The molecule has 0 saturated carbocycles. The summed E-state index contributed by atoms with van der Waals surface area (Å²) in [6.45, 7) is 3.95. The Bertz CT molecular complexity index is 483.